The Hall–Kier alpha value is -1.36. The summed E-state index contributed by atoms with van der Waals surface area (Å²) in [6.07, 6.45) is 6.92. The van der Waals surface area contributed by atoms with Crippen molar-refractivity contribution in [3.05, 3.63) is 11.8 Å². The summed E-state index contributed by atoms with van der Waals surface area (Å²) >= 11 is 0. The van der Waals surface area contributed by atoms with Crippen LogP contribution in [0.5, 0.6) is 0 Å². The zero-order valence-electron chi connectivity index (χ0n) is 10.9. The van der Waals surface area contributed by atoms with Crippen LogP contribution >= 0.6 is 0 Å². The van der Waals surface area contributed by atoms with E-state index in [1.165, 1.54) is 38.8 Å². The van der Waals surface area contributed by atoms with Crippen molar-refractivity contribution >= 4 is 11.8 Å². The van der Waals surface area contributed by atoms with Crippen LogP contribution in [0.1, 0.15) is 31.2 Å². The van der Waals surface area contributed by atoms with Crippen LogP contribution in [-0.4, -0.2) is 40.0 Å². The minimum atomic E-state index is 0.349. The molecule has 2 saturated heterocycles. The SMILES string of the molecule is Cc1cnc(N)nc1NC1CCN2CCCC2C1. The molecule has 0 radical (unpaired) electrons. The van der Waals surface area contributed by atoms with Crippen molar-refractivity contribution in [1.82, 2.24) is 14.9 Å². The van der Waals surface area contributed by atoms with E-state index in [0.29, 0.717) is 12.0 Å². The number of nitrogens with one attached hydrogen (secondary N) is 1. The smallest absolute Gasteiger partial charge is 0.221 e. The molecule has 2 aliphatic rings. The van der Waals surface area contributed by atoms with Gasteiger partial charge in [0.15, 0.2) is 0 Å². The van der Waals surface area contributed by atoms with Crippen LogP contribution in [0.4, 0.5) is 11.8 Å². The van der Waals surface area contributed by atoms with Crippen LogP contribution in [0, 0.1) is 6.92 Å². The van der Waals surface area contributed by atoms with E-state index in [4.69, 9.17) is 5.73 Å². The summed E-state index contributed by atoms with van der Waals surface area (Å²) in [6.45, 7) is 4.52. The number of fused-ring (bicyclic) bond motifs is 1. The molecule has 1 aromatic rings. The molecule has 3 rings (SSSR count). The predicted octanol–water partition coefficient (Wildman–Crippen LogP) is 1.41. The molecule has 0 amide bonds. The fourth-order valence-electron chi connectivity index (χ4n) is 3.15. The Balaban J connectivity index is 1.67. The summed E-state index contributed by atoms with van der Waals surface area (Å²) in [4.78, 5) is 10.9. The summed E-state index contributed by atoms with van der Waals surface area (Å²) in [7, 11) is 0. The number of rotatable bonds is 2. The first-order valence-electron chi connectivity index (χ1n) is 6.82. The molecular weight excluding hydrogens is 226 g/mol. The molecule has 18 heavy (non-hydrogen) atoms. The molecule has 1 aromatic heterocycles. The monoisotopic (exact) mass is 247 g/mol. The molecule has 2 aliphatic heterocycles. The first-order valence-corrected chi connectivity index (χ1v) is 6.82. The lowest BCUT2D eigenvalue weighted by atomic mass is 9.97. The van der Waals surface area contributed by atoms with Gasteiger partial charge in [0.1, 0.15) is 5.82 Å². The topological polar surface area (TPSA) is 67.1 Å². The third-order valence-corrected chi connectivity index (χ3v) is 4.15. The number of aromatic nitrogens is 2. The Kier molecular flexibility index (Phi) is 3.07. The molecule has 0 spiro atoms. The van der Waals surface area contributed by atoms with Crippen molar-refractivity contribution in [2.75, 3.05) is 24.1 Å². The van der Waals surface area contributed by atoms with Crippen molar-refractivity contribution in [2.45, 2.75) is 44.7 Å². The lowest BCUT2D eigenvalue weighted by molar-refractivity contribution is 0.188. The van der Waals surface area contributed by atoms with Crippen LogP contribution in [0.3, 0.4) is 0 Å². The highest BCUT2D eigenvalue weighted by molar-refractivity contribution is 5.46. The van der Waals surface area contributed by atoms with Gasteiger partial charge in [-0.25, -0.2) is 4.98 Å². The summed E-state index contributed by atoms with van der Waals surface area (Å²) in [5, 5.41) is 3.54. The largest absolute Gasteiger partial charge is 0.368 e. The molecule has 98 valence electrons. The fourth-order valence-corrected chi connectivity index (χ4v) is 3.15. The molecule has 0 aliphatic carbocycles. The average Bonchev–Trinajstić information content (AvgIpc) is 2.81. The summed E-state index contributed by atoms with van der Waals surface area (Å²) in [5.41, 5.74) is 6.72. The molecule has 2 unspecified atom stereocenters. The average molecular weight is 247 g/mol. The minimum absolute atomic E-state index is 0.349. The van der Waals surface area contributed by atoms with Gasteiger partial charge in [-0.05, 0) is 39.2 Å². The van der Waals surface area contributed by atoms with Gasteiger partial charge in [-0.1, -0.05) is 0 Å². The Morgan fingerprint density at radius 3 is 3.17 bits per heavy atom. The highest BCUT2D eigenvalue weighted by atomic mass is 15.2. The van der Waals surface area contributed by atoms with E-state index in [1.807, 2.05) is 6.92 Å². The number of aryl methyl sites for hydroxylation is 1. The third kappa shape index (κ3) is 2.27. The van der Waals surface area contributed by atoms with Crippen LogP contribution in [0.2, 0.25) is 0 Å². The third-order valence-electron chi connectivity index (χ3n) is 4.15. The maximum atomic E-state index is 5.65. The number of anilines is 2. The van der Waals surface area contributed by atoms with E-state index >= 15 is 0 Å². The Morgan fingerprint density at radius 1 is 1.39 bits per heavy atom. The van der Waals surface area contributed by atoms with Crippen LogP contribution in [0.25, 0.3) is 0 Å². The van der Waals surface area contributed by atoms with Crippen molar-refractivity contribution in [3.8, 4) is 0 Å². The molecule has 0 aromatic carbocycles. The zero-order chi connectivity index (χ0) is 12.5. The fraction of sp³-hybridized carbons (Fsp3) is 0.692. The number of hydrogen-bond acceptors (Lipinski definition) is 5. The molecule has 5 nitrogen and oxygen atoms in total. The normalized spacial score (nSPS) is 28.1. The van der Waals surface area contributed by atoms with Crippen molar-refractivity contribution in [2.24, 2.45) is 0 Å². The molecule has 5 heteroatoms. The van der Waals surface area contributed by atoms with E-state index in [9.17, 15) is 0 Å². The highest BCUT2D eigenvalue weighted by Crippen LogP contribution is 2.28. The molecule has 3 N–H and O–H groups in total. The van der Waals surface area contributed by atoms with Crippen molar-refractivity contribution < 1.29 is 0 Å². The van der Waals surface area contributed by atoms with Crippen LogP contribution < -0.4 is 11.1 Å². The second-order valence-corrected chi connectivity index (χ2v) is 5.46. The first-order chi connectivity index (χ1) is 8.72. The number of nitrogens with zero attached hydrogens (tertiary/aromatic N) is 3. The van der Waals surface area contributed by atoms with Gasteiger partial charge in [0.2, 0.25) is 5.95 Å². The van der Waals surface area contributed by atoms with Gasteiger partial charge in [0.05, 0.1) is 0 Å². The van der Waals surface area contributed by atoms with Crippen molar-refractivity contribution in [1.29, 1.82) is 0 Å². The van der Waals surface area contributed by atoms with Gasteiger partial charge >= 0.3 is 0 Å². The van der Waals surface area contributed by atoms with Gasteiger partial charge in [-0.15, -0.1) is 0 Å². The van der Waals surface area contributed by atoms with Gasteiger partial charge in [-0.2, -0.15) is 4.98 Å². The minimum Gasteiger partial charge on any atom is -0.368 e. The number of piperidine rings is 1. The molecular formula is C13H21N5. The van der Waals surface area contributed by atoms with Crippen LogP contribution in [-0.2, 0) is 0 Å². The predicted molar refractivity (Wildman–Crippen MR) is 72.4 cm³/mol. The van der Waals surface area contributed by atoms with E-state index in [1.54, 1.807) is 6.20 Å². The van der Waals surface area contributed by atoms with E-state index in [0.717, 1.165) is 17.4 Å². The quantitative estimate of drug-likeness (QED) is 0.827. The van der Waals surface area contributed by atoms with Crippen molar-refractivity contribution in [3.63, 3.8) is 0 Å². The number of hydrogen-bond donors (Lipinski definition) is 2. The summed E-state index contributed by atoms with van der Waals surface area (Å²) in [6, 6.07) is 1.30. The first kappa shape index (κ1) is 11.7. The Morgan fingerprint density at radius 2 is 2.28 bits per heavy atom. The second kappa shape index (κ2) is 4.72. The Bertz CT molecular complexity index is 433. The van der Waals surface area contributed by atoms with Crippen LogP contribution in [0.15, 0.2) is 6.20 Å². The highest BCUT2D eigenvalue weighted by Gasteiger charge is 2.31. The van der Waals surface area contributed by atoms with E-state index in [-0.39, 0.29) is 0 Å². The molecule has 2 atom stereocenters. The summed E-state index contributed by atoms with van der Waals surface area (Å²) < 4.78 is 0. The second-order valence-electron chi connectivity index (χ2n) is 5.46. The number of nitrogen functional groups attached to an aromatic ring is 1. The lowest BCUT2D eigenvalue weighted by Crippen LogP contribution is -2.43. The van der Waals surface area contributed by atoms with Gasteiger partial charge in [0.25, 0.3) is 0 Å². The number of nitrogens with two attached hydrogens (primary N) is 1. The van der Waals surface area contributed by atoms with Gasteiger partial charge in [-0.3, -0.25) is 0 Å². The maximum Gasteiger partial charge on any atom is 0.221 e. The maximum absolute atomic E-state index is 5.65. The van der Waals surface area contributed by atoms with E-state index < -0.39 is 0 Å². The zero-order valence-corrected chi connectivity index (χ0v) is 10.9. The lowest BCUT2D eigenvalue weighted by Gasteiger charge is -2.35. The van der Waals surface area contributed by atoms with Gasteiger partial charge in [0, 0.05) is 30.4 Å². The van der Waals surface area contributed by atoms with E-state index in [2.05, 4.69) is 20.2 Å². The Labute approximate surface area is 108 Å². The summed E-state index contributed by atoms with van der Waals surface area (Å²) in [5.74, 6) is 1.25. The molecule has 3 heterocycles. The molecule has 0 saturated carbocycles. The van der Waals surface area contributed by atoms with Gasteiger partial charge < -0.3 is 16.0 Å². The standard InChI is InChI=1S/C13H21N5/c1-9-8-15-13(14)17-12(9)16-10-4-6-18-5-2-3-11(18)7-10/h8,10-11H,2-7H2,1H3,(H3,14,15,16,17). The molecule has 0 bridgehead atoms. The molecule has 2 fully saturated rings.